The van der Waals surface area contributed by atoms with Crippen molar-refractivity contribution in [1.29, 1.82) is 0 Å². The van der Waals surface area contributed by atoms with Crippen molar-refractivity contribution < 1.29 is 31.1 Å². The van der Waals surface area contributed by atoms with E-state index in [2.05, 4.69) is 5.10 Å². The van der Waals surface area contributed by atoms with Crippen LogP contribution in [0.15, 0.2) is 36.7 Å². The van der Waals surface area contributed by atoms with Crippen molar-refractivity contribution in [3.05, 3.63) is 53.4 Å². The van der Waals surface area contributed by atoms with E-state index < -0.39 is 35.1 Å². The molecule has 0 spiro atoms. The van der Waals surface area contributed by atoms with E-state index in [0.29, 0.717) is 17.7 Å². The van der Waals surface area contributed by atoms with Crippen LogP contribution in [0.2, 0.25) is 0 Å². The van der Waals surface area contributed by atoms with Gasteiger partial charge in [-0.15, -0.1) is 0 Å². The summed E-state index contributed by atoms with van der Waals surface area (Å²) in [7, 11) is 1.64. The highest BCUT2D eigenvalue weighted by atomic mass is 19.4. The third-order valence-electron chi connectivity index (χ3n) is 3.01. The van der Waals surface area contributed by atoms with Gasteiger partial charge < -0.3 is 5.32 Å². The summed E-state index contributed by atoms with van der Waals surface area (Å²) in [4.78, 5) is 11.7. The molecule has 25 heavy (non-hydrogen) atoms. The molecule has 0 unspecified atom stereocenters. The Hall–Kier alpha value is -2.78. The molecule has 10 heteroatoms. The number of benzene rings is 1. The van der Waals surface area contributed by atoms with E-state index in [1.807, 2.05) is 5.32 Å². The third kappa shape index (κ3) is 5.10. The molecule has 2 aromatic rings. The fraction of sp³-hybridized carbons (Fsp3) is 0.200. The average molecular weight is 363 g/mol. The molecule has 1 heterocycles. The van der Waals surface area contributed by atoms with Crippen LogP contribution in [-0.2, 0) is 24.2 Å². The van der Waals surface area contributed by atoms with Crippen LogP contribution < -0.4 is 5.32 Å². The fourth-order valence-corrected chi connectivity index (χ4v) is 1.91. The second-order valence-electron chi connectivity index (χ2n) is 5.06. The van der Waals surface area contributed by atoms with Crippen molar-refractivity contribution in [2.45, 2.75) is 12.4 Å². The van der Waals surface area contributed by atoms with Gasteiger partial charge in [0.25, 0.3) is 0 Å². The highest BCUT2D eigenvalue weighted by molar-refractivity contribution is 6.02. The molecule has 0 aliphatic rings. The molecule has 0 atom stereocenters. The second-order valence-corrected chi connectivity index (χ2v) is 5.06. The number of hydrogen-bond acceptors (Lipinski definition) is 2. The minimum Gasteiger partial charge on any atom is -0.322 e. The molecule has 0 radical (unpaired) electrons. The Bertz CT molecular complexity index is 772. The molecule has 134 valence electrons. The predicted molar refractivity (Wildman–Crippen MR) is 77.3 cm³/mol. The number of hydrogen-bond donors (Lipinski definition) is 1. The van der Waals surface area contributed by atoms with Gasteiger partial charge in [-0.25, -0.2) is 0 Å². The summed E-state index contributed by atoms with van der Waals surface area (Å²) in [6.45, 7) is 0. The number of nitrogens with one attached hydrogen (secondary N) is 1. The number of alkyl halides is 6. The van der Waals surface area contributed by atoms with Gasteiger partial charge in [0.15, 0.2) is 0 Å². The minimum atomic E-state index is -4.98. The Morgan fingerprint density at radius 1 is 1.08 bits per heavy atom. The number of carbonyl (C=O) groups is 1. The normalized spacial score (nSPS) is 12.6. The molecule has 4 nitrogen and oxygen atoms in total. The summed E-state index contributed by atoms with van der Waals surface area (Å²) in [6, 6.07) is 0.858. The summed E-state index contributed by atoms with van der Waals surface area (Å²) in [5, 5.41) is 5.83. The summed E-state index contributed by atoms with van der Waals surface area (Å²) >= 11 is 0. The molecule has 1 N–H and O–H groups in total. The highest BCUT2D eigenvalue weighted by Gasteiger charge is 2.37. The minimum absolute atomic E-state index is 0.0128. The highest BCUT2D eigenvalue weighted by Crippen LogP contribution is 2.37. The Balaban J connectivity index is 2.25. The SMILES string of the molecule is Cn1cc(/C=C/C(=O)Nc2cc(C(F)(F)F)cc(C(F)(F)F)c2)cn1. The maximum atomic E-state index is 12.7. The summed E-state index contributed by atoms with van der Waals surface area (Å²) in [5.41, 5.74) is -3.08. The molecule has 0 saturated carbocycles. The molecule has 1 amide bonds. The van der Waals surface area contributed by atoms with Crippen LogP contribution in [0.25, 0.3) is 6.08 Å². The van der Waals surface area contributed by atoms with Gasteiger partial charge >= 0.3 is 12.4 Å². The molecule has 0 fully saturated rings. The van der Waals surface area contributed by atoms with E-state index in [1.165, 1.54) is 17.0 Å². The lowest BCUT2D eigenvalue weighted by atomic mass is 10.1. The van der Waals surface area contributed by atoms with Crippen molar-refractivity contribution in [2.24, 2.45) is 7.05 Å². The lowest BCUT2D eigenvalue weighted by Crippen LogP contribution is -2.14. The van der Waals surface area contributed by atoms with Crippen LogP contribution in [0.4, 0.5) is 32.0 Å². The van der Waals surface area contributed by atoms with Crippen LogP contribution >= 0.6 is 0 Å². The molecule has 0 aliphatic carbocycles. The van der Waals surface area contributed by atoms with Gasteiger partial charge in [-0.1, -0.05) is 0 Å². The first-order valence-electron chi connectivity index (χ1n) is 6.72. The quantitative estimate of drug-likeness (QED) is 0.659. The number of rotatable bonds is 3. The largest absolute Gasteiger partial charge is 0.416 e. The summed E-state index contributed by atoms with van der Waals surface area (Å²) in [5.74, 6) is -0.878. The lowest BCUT2D eigenvalue weighted by Gasteiger charge is -2.14. The molecular formula is C15H11F6N3O. The maximum Gasteiger partial charge on any atom is 0.416 e. The first kappa shape index (κ1) is 18.6. The van der Waals surface area contributed by atoms with Gasteiger partial charge in [0, 0.05) is 30.6 Å². The molecule has 0 bridgehead atoms. The monoisotopic (exact) mass is 363 g/mol. The van der Waals surface area contributed by atoms with Gasteiger partial charge in [-0.05, 0) is 24.3 Å². The van der Waals surface area contributed by atoms with Gasteiger partial charge in [-0.3, -0.25) is 9.48 Å². The van der Waals surface area contributed by atoms with Crippen molar-refractivity contribution in [3.8, 4) is 0 Å². The fourth-order valence-electron chi connectivity index (χ4n) is 1.91. The maximum absolute atomic E-state index is 12.7. The average Bonchev–Trinajstić information content (AvgIpc) is 2.89. The van der Waals surface area contributed by atoms with Gasteiger partial charge in [0.05, 0.1) is 17.3 Å². The number of nitrogens with zero attached hydrogens (tertiary/aromatic N) is 2. The Labute approximate surface area is 137 Å². The Morgan fingerprint density at radius 3 is 2.08 bits per heavy atom. The predicted octanol–water partition coefficient (Wildman–Crippen LogP) is 4.11. The van der Waals surface area contributed by atoms with Crippen LogP contribution in [0.1, 0.15) is 16.7 Å². The van der Waals surface area contributed by atoms with Crippen molar-refractivity contribution in [2.75, 3.05) is 5.32 Å². The first-order chi connectivity index (χ1) is 11.4. The van der Waals surface area contributed by atoms with Crippen LogP contribution in [-0.4, -0.2) is 15.7 Å². The zero-order valence-electron chi connectivity index (χ0n) is 12.6. The number of amides is 1. The number of carbonyl (C=O) groups excluding carboxylic acids is 1. The molecule has 1 aromatic carbocycles. The number of halogens is 6. The molecule has 2 rings (SSSR count). The van der Waals surface area contributed by atoms with Gasteiger partial charge in [-0.2, -0.15) is 31.4 Å². The zero-order chi connectivity index (χ0) is 18.8. The number of anilines is 1. The summed E-state index contributed by atoms with van der Waals surface area (Å²) in [6.07, 6.45) is -4.67. The Kier molecular flexibility index (Phi) is 4.91. The topological polar surface area (TPSA) is 46.9 Å². The molecular weight excluding hydrogens is 352 g/mol. The van der Waals surface area contributed by atoms with E-state index in [4.69, 9.17) is 0 Å². The van der Waals surface area contributed by atoms with E-state index in [0.717, 1.165) is 6.08 Å². The zero-order valence-corrected chi connectivity index (χ0v) is 12.6. The van der Waals surface area contributed by atoms with Gasteiger partial charge in [0.1, 0.15) is 0 Å². The lowest BCUT2D eigenvalue weighted by molar-refractivity contribution is -0.143. The Morgan fingerprint density at radius 2 is 1.64 bits per heavy atom. The van der Waals surface area contributed by atoms with Crippen molar-refractivity contribution in [3.63, 3.8) is 0 Å². The summed E-state index contributed by atoms with van der Waals surface area (Å²) < 4.78 is 77.9. The third-order valence-corrected chi connectivity index (χ3v) is 3.01. The first-order valence-corrected chi connectivity index (χ1v) is 6.72. The smallest absolute Gasteiger partial charge is 0.322 e. The standard InChI is InChI=1S/C15H11F6N3O/c1-24-8-9(7-22-24)2-3-13(25)23-12-5-10(14(16,17)18)4-11(6-12)15(19,20)21/h2-8H,1H3,(H,23,25)/b3-2+. The van der Waals surface area contributed by atoms with Crippen LogP contribution in [0.3, 0.4) is 0 Å². The van der Waals surface area contributed by atoms with E-state index in [1.54, 1.807) is 13.2 Å². The second kappa shape index (κ2) is 6.61. The van der Waals surface area contributed by atoms with Crippen molar-refractivity contribution in [1.82, 2.24) is 9.78 Å². The molecule has 1 aromatic heterocycles. The van der Waals surface area contributed by atoms with Crippen LogP contribution in [0.5, 0.6) is 0 Å². The number of aryl methyl sites for hydroxylation is 1. The van der Waals surface area contributed by atoms with Gasteiger partial charge in [0.2, 0.25) is 5.91 Å². The van der Waals surface area contributed by atoms with E-state index >= 15 is 0 Å². The van der Waals surface area contributed by atoms with Crippen molar-refractivity contribution >= 4 is 17.7 Å². The number of aromatic nitrogens is 2. The molecule has 0 saturated heterocycles. The van der Waals surface area contributed by atoms with Crippen LogP contribution in [0, 0.1) is 0 Å². The van der Waals surface area contributed by atoms with E-state index in [-0.39, 0.29) is 6.07 Å². The van der Waals surface area contributed by atoms with E-state index in [9.17, 15) is 31.1 Å². The molecule has 0 aliphatic heterocycles.